The number of fused-ring (bicyclic) bond motifs is 6. The quantitative estimate of drug-likeness (QED) is 0.215. The van der Waals surface area contributed by atoms with Crippen molar-refractivity contribution in [3.05, 3.63) is 66.4 Å². The molecule has 4 heterocycles. The Balaban J connectivity index is 0.00000289. The monoisotopic (exact) mass is 575 g/mol. The maximum absolute atomic E-state index is 6.36. The highest BCUT2D eigenvalue weighted by atomic mass is 35.5. The van der Waals surface area contributed by atoms with Gasteiger partial charge in [-0.05, 0) is 66.6 Å². The molecular formula is C31H30ClN3O4S. The van der Waals surface area contributed by atoms with Crippen molar-refractivity contribution in [1.82, 2.24) is 4.98 Å². The molecular weight excluding hydrogens is 546 g/mol. The lowest BCUT2D eigenvalue weighted by atomic mass is 9.95. The van der Waals surface area contributed by atoms with Crippen LogP contribution in [0.4, 0.5) is 5.13 Å². The first kappa shape index (κ1) is 26.5. The summed E-state index contributed by atoms with van der Waals surface area (Å²) in [6, 6.07) is 18.8. The van der Waals surface area contributed by atoms with E-state index in [1.165, 1.54) is 21.5 Å². The molecule has 0 atom stereocenters. The van der Waals surface area contributed by atoms with Crippen LogP contribution in [0.3, 0.4) is 0 Å². The Morgan fingerprint density at radius 1 is 1.02 bits per heavy atom. The summed E-state index contributed by atoms with van der Waals surface area (Å²) in [7, 11) is 1.70. The van der Waals surface area contributed by atoms with Crippen LogP contribution in [0.15, 0.2) is 60.8 Å². The summed E-state index contributed by atoms with van der Waals surface area (Å²) in [5.74, 6) is 3.24. The molecule has 0 fully saturated rings. The van der Waals surface area contributed by atoms with Gasteiger partial charge in [-0.3, -0.25) is 0 Å². The summed E-state index contributed by atoms with van der Waals surface area (Å²) in [5, 5.41) is 6.65. The number of nitrogens with zero attached hydrogens (tertiary/aromatic N) is 2. The van der Waals surface area contributed by atoms with Gasteiger partial charge in [0.05, 0.1) is 34.9 Å². The zero-order valence-corrected chi connectivity index (χ0v) is 23.8. The van der Waals surface area contributed by atoms with Gasteiger partial charge in [0.25, 0.3) is 0 Å². The van der Waals surface area contributed by atoms with E-state index in [1.54, 1.807) is 18.4 Å². The second-order valence-electron chi connectivity index (χ2n) is 9.89. The fraction of sp³-hybridized carbons (Fsp3) is 0.290. The Bertz CT molecular complexity index is 1660. The van der Waals surface area contributed by atoms with E-state index in [4.69, 9.17) is 18.9 Å². The van der Waals surface area contributed by atoms with Crippen LogP contribution < -0.4 is 41.2 Å². The minimum absolute atomic E-state index is 0. The van der Waals surface area contributed by atoms with E-state index < -0.39 is 0 Å². The molecule has 2 aromatic heterocycles. The largest absolute Gasteiger partial charge is 1.00 e. The molecule has 1 N–H and O–H groups in total. The number of benzene rings is 3. The number of anilines is 1. The molecule has 206 valence electrons. The van der Waals surface area contributed by atoms with Crippen LogP contribution in [0.2, 0.25) is 0 Å². The molecule has 0 saturated heterocycles. The molecule has 2 aliphatic heterocycles. The van der Waals surface area contributed by atoms with Gasteiger partial charge < -0.3 is 36.7 Å². The lowest BCUT2D eigenvalue weighted by molar-refractivity contribution is -0.686. The highest BCUT2D eigenvalue weighted by Gasteiger charge is 2.28. The number of halogens is 1. The van der Waals surface area contributed by atoms with Crippen molar-refractivity contribution in [3.63, 3.8) is 0 Å². The van der Waals surface area contributed by atoms with Crippen molar-refractivity contribution in [2.24, 2.45) is 0 Å². The maximum Gasteiger partial charge on any atom is 0.231 e. The van der Waals surface area contributed by atoms with Gasteiger partial charge >= 0.3 is 0 Å². The highest BCUT2D eigenvalue weighted by Crippen LogP contribution is 2.41. The molecule has 9 heteroatoms. The van der Waals surface area contributed by atoms with Crippen LogP contribution in [0.1, 0.15) is 24.8 Å². The van der Waals surface area contributed by atoms with Crippen LogP contribution in [0.25, 0.3) is 32.2 Å². The van der Waals surface area contributed by atoms with Crippen LogP contribution in [-0.4, -0.2) is 32.0 Å². The predicted octanol–water partition coefficient (Wildman–Crippen LogP) is 3.36. The lowest BCUT2D eigenvalue weighted by Crippen LogP contribution is -3.00. The number of unbranched alkanes of at least 4 members (excludes halogenated alkanes) is 2. The molecule has 3 aromatic carbocycles. The molecule has 5 aromatic rings. The van der Waals surface area contributed by atoms with Gasteiger partial charge in [0.15, 0.2) is 40.9 Å². The van der Waals surface area contributed by atoms with Gasteiger partial charge in [-0.25, -0.2) is 4.98 Å². The van der Waals surface area contributed by atoms with Gasteiger partial charge in [-0.15, -0.1) is 0 Å². The smallest absolute Gasteiger partial charge is 0.231 e. The van der Waals surface area contributed by atoms with E-state index in [1.807, 2.05) is 12.1 Å². The second-order valence-corrected chi connectivity index (χ2v) is 10.9. The Kier molecular flexibility index (Phi) is 7.54. The standard InChI is InChI=1S/C31H30N3O4S.ClH/c1-35-26-10-9-20-15-25-22-17-28-27(37-19-38-28)16-21(22)11-13-34(25)18-23(20)30(26)36-14-6-2-5-12-32-31-33-24-7-3-4-8-29(24)39-31;/h3-4,7-10,15-18H,2,5-6,11-14,19H2,1H3,(H,32,33);1H/q+1;/p-1. The number of para-hydroxylation sites is 1. The minimum atomic E-state index is 0. The van der Waals surface area contributed by atoms with Gasteiger partial charge in [-0.2, -0.15) is 4.57 Å². The molecule has 7 rings (SSSR count). The molecule has 0 saturated carbocycles. The van der Waals surface area contributed by atoms with Crippen LogP contribution in [-0.2, 0) is 13.0 Å². The van der Waals surface area contributed by atoms with Gasteiger partial charge in [-0.1, -0.05) is 23.5 Å². The van der Waals surface area contributed by atoms with Crippen LogP contribution >= 0.6 is 11.3 Å². The number of nitrogens with one attached hydrogen (secondary N) is 1. The van der Waals surface area contributed by atoms with E-state index in [2.05, 4.69) is 63.5 Å². The van der Waals surface area contributed by atoms with Crippen molar-refractivity contribution < 1.29 is 35.9 Å². The van der Waals surface area contributed by atoms with Crippen molar-refractivity contribution >= 4 is 37.5 Å². The summed E-state index contributed by atoms with van der Waals surface area (Å²) in [4.78, 5) is 4.65. The van der Waals surface area contributed by atoms with E-state index >= 15 is 0 Å². The van der Waals surface area contributed by atoms with E-state index in [0.717, 1.165) is 83.2 Å². The van der Waals surface area contributed by atoms with E-state index in [9.17, 15) is 0 Å². The fourth-order valence-electron chi connectivity index (χ4n) is 5.43. The first-order valence-corrected chi connectivity index (χ1v) is 14.3. The summed E-state index contributed by atoms with van der Waals surface area (Å²) in [5.41, 5.74) is 4.73. The first-order valence-electron chi connectivity index (χ1n) is 13.5. The molecule has 7 nitrogen and oxygen atoms in total. The summed E-state index contributed by atoms with van der Waals surface area (Å²) in [6.45, 7) is 2.74. The molecule has 0 aliphatic carbocycles. The van der Waals surface area contributed by atoms with Crippen LogP contribution in [0, 0.1) is 0 Å². The Hall–Kier alpha value is -3.75. The number of ether oxygens (including phenoxy) is 4. The highest BCUT2D eigenvalue weighted by molar-refractivity contribution is 7.22. The molecule has 0 unspecified atom stereocenters. The lowest BCUT2D eigenvalue weighted by Gasteiger charge is -2.18. The average molecular weight is 576 g/mol. The van der Waals surface area contributed by atoms with E-state index in [-0.39, 0.29) is 19.2 Å². The summed E-state index contributed by atoms with van der Waals surface area (Å²) < 4.78 is 26.8. The second kappa shape index (κ2) is 11.4. The molecule has 0 amide bonds. The third-order valence-electron chi connectivity index (χ3n) is 7.43. The van der Waals surface area contributed by atoms with E-state index in [0.29, 0.717) is 6.61 Å². The summed E-state index contributed by atoms with van der Waals surface area (Å²) in [6.07, 6.45) is 6.26. The number of rotatable bonds is 9. The number of hydrogen-bond acceptors (Lipinski definition) is 7. The third-order valence-corrected chi connectivity index (χ3v) is 8.43. The minimum Gasteiger partial charge on any atom is -1.00 e. The topological polar surface area (TPSA) is 65.7 Å². The zero-order valence-electron chi connectivity index (χ0n) is 22.2. The Morgan fingerprint density at radius 3 is 2.77 bits per heavy atom. The number of aryl methyl sites for hydroxylation is 2. The number of aromatic nitrogens is 2. The molecule has 2 aliphatic rings. The number of pyridine rings is 1. The summed E-state index contributed by atoms with van der Waals surface area (Å²) >= 11 is 1.70. The predicted molar refractivity (Wildman–Crippen MR) is 153 cm³/mol. The average Bonchev–Trinajstić information content (AvgIpc) is 3.60. The molecule has 40 heavy (non-hydrogen) atoms. The number of hydrogen-bond donors (Lipinski definition) is 1. The molecule has 0 bridgehead atoms. The number of methoxy groups -OCH3 is 1. The third kappa shape index (κ3) is 4.97. The van der Waals surface area contributed by atoms with Gasteiger partial charge in [0, 0.05) is 19.0 Å². The number of thiazole rings is 1. The van der Waals surface area contributed by atoms with Crippen molar-refractivity contribution in [1.29, 1.82) is 0 Å². The van der Waals surface area contributed by atoms with Crippen molar-refractivity contribution in [2.45, 2.75) is 32.2 Å². The van der Waals surface area contributed by atoms with Crippen LogP contribution in [0.5, 0.6) is 23.0 Å². The molecule has 0 spiro atoms. The van der Waals surface area contributed by atoms with Crippen molar-refractivity contribution in [2.75, 3.05) is 32.4 Å². The SMILES string of the molecule is COc1ccc2cc3[n+](cc2c1OCCCCCNc1nc2ccccc2s1)CCc1cc2c(cc1-3)OCO2.[Cl-]. The Labute approximate surface area is 243 Å². The Morgan fingerprint density at radius 2 is 1.90 bits per heavy atom. The normalized spacial score (nSPS) is 13.0. The van der Waals surface area contributed by atoms with Gasteiger partial charge in [0.1, 0.15) is 0 Å². The fourth-order valence-corrected chi connectivity index (χ4v) is 6.32. The first-order chi connectivity index (χ1) is 19.3. The maximum atomic E-state index is 6.36. The zero-order chi connectivity index (χ0) is 26.2. The molecule has 0 radical (unpaired) electrons. The van der Waals surface area contributed by atoms with Gasteiger partial charge in [0.2, 0.25) is 12.5 Å². The van der Waals surface area contributed by atoms with Crippen molar-refractivity contribution in [3.8, 4) is 34.3 Å².